The van der Waals surface area contributed by atoms with Gasteiger partial charge in [0.25, 0.3) is 0 Å². The Labute approximate surface area is 121 Å². The zero-order valence-corrected chi connectivity index (χ0v) is 13.0. The molecule has 1 aromatic rings. The zero-order valence-electron chi connectivity index (χ0n) is 13.0. The summed E-state index contributed by atoms with van der Waals surface area (Å²) in [7, 11) is 0. The summed E-state index contributed by atoms with van der Waals surface area (Å²) in [4.78, 5) is 6.49. The van der Waals surface area contributed by atoms with Gasteiger partial charge in [0, 0.05) is 36.4 Å². The topological polar surface area (TPSA) is 28.2 Å². The minimum absolute atomic E-state index is 0.159. The molecule has 1 saturated heterocycles. The Morgan fingerprint density at radius 3 is 2.85 bits per heavy atom. The summed E-state index contributed by atoms with van der Waals surface area (Å²) in [6, 6.07) is 2.91. The van der Waals surface area contributed by atoms with Crippen LogP contribution >= 0.6 is 0 Å². The van der Waals surface area contributed by atoms with E-state index in [1.807, 2.05) is 0 Å². The van der Waals surface area contributed by atoms with E-state index in [1.165, 1.54) is 0 Å². The lowest BCUT2D eigenvalue weighted by atomic mass is 10.1. The van der Waals surface area contributed by atoms with Crippen molar-refractivity contribution in [3.05, 3.63) is 23.6 Å². The van der Waals surface area contributed by atoms with Gasteiger partial charge in [0.2, 0.25) is 0 Å². The van der Waals surface area contributed by atoms with Gasteiger partial charge in [-0.05, 0) is 32.3 Å². The van der Waals surface area contributed by atoms with Crippen LogP contribution in [0.1, 0.15) is 52.5 Å². The average molecular weight is 279 g/mol. The quantitative estimate of drug-likeness (QED) is 0.894. The van der Waals surface area contributed by atoms with E-state index in [2.05, 4.69) is 42.9 Å². The van der Waals surface area contributed by atoms with Crippen LogP contribution in [0.4, 0.5) is 10.2 Å². The number of nitrogens with zero attached hydrogens (tertiary/aromatic N) is 2. The van der Waals surface area contributed by atoms with Crippen molar-refractivity contribution in [2.75, 3.05) is 4.90 Å². The molecule has 2 atom stereocenters. The first-order valence-corrected chi connectivity index (χ1v) is 7.69. The number of hydrogen-bond donors (Lipinski definition) is 1. The maximum absolute atomic E-state index is 14.7. The molecule has 2 unspecified atom stereocenters. The van der Waals surface area contributed by atoms with Gasteiger partial charge in [-0.25, -0.2) is 9.37 Å². The van der Waals surface area contributed by atoms with E-state index in [0.717, 1.165) is 19.3 Å². The minimum Gasteiger partial charge on any atom is -0.349 e. The Morgan fingerprint density at radius 2 is 2.20 bits per heavy atom. The number of nitrogens with one attached hydrogen (secondary N) is 1. The monoisotopic (exact) mass is 279 g/mol. The molecule has 0 bridgehead atoms. The number of pyridine rings is 1. The molecule has 1 aliphatic heterocycles. The van der Waals surface area contributed by atoms with Crippen molar-refractivity contribution in [2.45, 2.75) is 71.6 Å². The normalized spacial score (nSPS) is 22.8. The van der Waals surface area contributed by atoms with Gasteiger partial charge in [0.1, 0.15) is 0 Å². The lowest BCUT2D eigenvalue weighted by Crippen LogP contribution is -2.36. The third-order valence-electron chi connectivity index (χ3n) is 4.15. The average Bonchev–Trinajstić information content (AvgIpc) is 2.78. The Morgan fingerprint density at radius 1 is 1.45 bits per heavy atom. The third kappa shape index (κ3) is 3.11. The Balaban J connectivity index is 2.25. The second kappa shape index (κ2) is 6.53. The summed E-state index contributed by atoms with van der Waals surface area (Å²) >= 11 is 0. The van der Waals surface area contributed by atoms with Crippen LogP contribution in [0.15, 0.2) is 12.3 Å². The lowest BCUT2D eigenvalue weighted by Gasteiger charge is -2.30. The summed E-state index contributed by atoms with van der Waals surface area (Å²) in [5.41, 5.74) is 0.706. The third-order valence-corrected chi connectivity index (χ3v) is 4.15. The molecule has 0 radical (unpaired) electrons. The van der Waals surface area contributed by atoms with Gasteiger partial charge in [-0.3, -0.25) is 0 Å². The van der Waals surface area contributed by atoms with E-state index in [9.17, 15) is 4.39 Å². The molecular weight excluding hydrogens is 253 g/mol. The highest BCUT2D eigenvalue weighted by Gasteiger charge is 2.32. The van der Waals surface area contributed by atoms with Crippen LogP contribution in [-0.2, 0) is 6.54 Å². The number of anilines is 1. The molecule has 2 heterocycles. The van der Waals surface area contributed by atoms with Crippen molar-refractivity contribution in [2.24, 2.45) is 0 Å². The molecular formula is C16H26FN3. The van der Waals surface area contributed by atoms with Crippen LogP contribution in [-0.4, -0.2) is 23.1 Å². The molecule has 4 heteroatoms. The zero-order chi connectivity index (χ0) is 14.7. The Kier molecular flexibility index (Phi) is 4.97. The summed E-state index contributed by atoms with van der Waals surface area (Å²) in [6.45, 7) is 9.01. The van der Waals surface area contributed by atoms with Gasteiger partial charge >= 0.3 is 0 Å². The fourth-order valence-electron chi connectivity index (χ4n) is 2.96. The molecule has 0 aliphatic carbocycles. The molecule has 1 N–H and O–H groups in total. The fourth-order valence-corrected chi connectivity index (χ4v) is 2.96. The van der Waals surface area contributed by atoms with Gasteiger partial charge < -0.3 is 10.2 Å². The number of aromatic nitrogens is 1. The van der Waals surface area contributed by atoms with Crippen LogP contribution in [0, 0.1) is 5.82 Å². The molecule has 1 aromatic heterocycles. The van der Waals surface area contributed by atoms with E-state index in [0.29, 0.717) is 36.1 Å². The van der Waals surface area contributed by atoms with Gasteiger partial charge in [0.05, 0.1) is 0 Å². The highest BCUT2D eigenvalue weighted by Crippen LogP contribution is 2.32. The molecule has 20 heavy (non-hydrogen) atoms. The highest BCUT2D eigenvalue weighted by molar-refractivity contribution is 5.46. The van der Waals surface area contributed by atoms with Crippen molar-refractivity contribution >= 4 is 5.82 Å². The van der Waals surface area contributed by atoms with Gasteiger partial charge in [-0.2, -0.15) is 0 Å². The second-order valence-corrected chi connectivity index (χ2v) is 6.04. The molecule has 3 nitrogen and oxygen atoms in total. The van der Waals surface area contributed by atoms with Gasteiger partial charge in [-0.1, -0.05) is 20.8 Å². The first kappa shape index (κ1) is 15.2. The largest absolute Gasteiger partial charge is 0.349 e. The van der Waals surface area contributed by atoms with Crippen molar-refractivity contribution in [1.82, 2.24) is 10.3 Å². The number of hydrogen-bond acceptors (Lipinski definition) is 3. The first-order valence-electron chi connectivity index (χ1n) is 7.69. The van der Waals surface area contributed by atoms with Crippen LogP contribution in [0.25, 0.3) is 0 Å². The van der Waals surface area contributed by atoms with E-state index in [-0.39, 0.29) is 5.82 Å². The molecule has 1 fully saturated rings. The molecule has 112 valence electrons. The van der Waals surface area contributed by atoms with E-state index < -0.39 is 0 Å². The van der Waals surface area contributed by atoms with Crippen molar-refractivity contribution in [3.8, 4) is 0 Å². The van der Waals surface area contributed by atoms with Gasteiger partial charge in [-0.15, -0.1) is 0 Å². The minimum atomic E-state index is -0.159. The van der Waals surface area contributed by atoms with E-state index in [1.54, 1.807) is 12.3 Å². The smallest absolute Gasteiger partial charge is 0.170 e. The van der Waals surface area contributed by atoms with E-state index in [4.69, 9.17) is 0 Å². The van der Waals surface area contributed by atoms with Crippen molar-refractivity contribution in [1.29, 1.82) is 0 Å². The van der Waals surface area contributed by atoms with Crippen LogP contribution in [0.5, 0.6) is 0 Å². The standard InChI is InChI=1S/C16H26FN3/c1-5-14-7-6-12(4)20(14)16-15(17)13(8-9-18-16)10-19-11(2)3/h8-9,11-12,14,19H,5-7,10H2,1-4H3. The van der Waals surface area contributed by atoms with Crippen LogP contribution in [0.2, 0.25) is 0 Å². The lowest BCUT2D eigenvalue weighted by molar-refractivity contribution is 0.536. The number of rotatable bonds is 5. The second-order valence-electron chi connectivity index (χ2n) is 6.04. The summed E-state index contributed by atoms with van der Waals surface area (Å²) < 4.78 is 14.7. The molecule has 0 aromatic carbocycles. The van der Waals surface area contributed by atoms with Crippen molar-refractivity contribution in [3.63, 3.8) is 0 Å². The summed E-state index contributed by atoms with van der Waals surface area (Å²) in [5, 5.41) is 3.27. The molecule has 0 spiro atoms. The van der Waals surface area contributed by atoms with Crippen molar-refractivity contribution < 1.29 is 4.39 Å². The summed E-state index contributed by atoms with van der Waals surface area (Å²) in [6.07, 6.45) is 5.02. The molecule has 1 aliphatic rings. The molecule has 0 saturated carbocycles. The highest BCUT2D eigenvalue weighted by atomic mass is 19.1. The Hall–Kier alpha value is -1.16. The SMILES string of the molecule is CCC1CCC(C)N1c1nccc(CNC(C)C)c1F. The van der Waals surface area contributed by atoms with E-state index >= 15 is 0 Å². The van der Waals surface area contributed by atoms with Gasteiger partial charge in [0.15, 0.2) is 11.6 Å². The maximum Gasteiger partial charge on any atom is 0.170 e. The molecule has 0 amide bonds. The Bertz CT molecular complexity index is 447. The fraction of sp³-hybridized carbons (Fsp3) is 0.688. The predicted octanol–water partition coefficient (Wildman–Crippen LogP) is 3.49. The van der Waals surface area contributed by atoms with Crippen LogP contribution < -0.4 is 10.2 Å². The predicted molar refractivity (Wildman–Crippen MR) is 81.4 cm³/mol. The number of halogens is 1. The first-order chi connectivity index (χ1) is 9.54. The molecule has 2 rings (SSSR count). The van der Waals surface area contributed by atoms with Crippen LogP contribution in [0.3, 0.4) is 0 Å². The summed E-state index contributed by atoms with van der Waals surface area (Å²) in [5.74, 6) is 0.373. The maximum atomic E-state index is 14.7.